The maximum absolute atomic E-state index is 13.0. The minimum absolute atomic E-state index is 0.0490. The Morgan fingerprint density at radius 3 is 2.78 bits per heavy atom. The van der Waals surface area contributed by atoms with Crippen molar-refractivity contribution in [2.24, 2.45) is 5.92 Å². The number of anilines is 2. The van der Waals surface area contributed by atoms with Crippen LogP contribution in [0.2, 0.25) is 5.02 Å². The molecular formula is C24H24ClN5OS. The van der Waals surface area contributed by atoms with Crippen LogP contribution in [0.5, 0.6) is 0 Å². The van der Waals surface area contributed by atoms with Gasteiger partial charge in [0.05, 0.1) is 22.0 Å². The van der Waals surface area contributed by atoms with Crippen LogP contribution in [0.1, 0.15) is 24.1 Å². The molecule has 1 aliphatic heterocycles. The minimum Gasteiger partial charge on any atom is -0.347 e. The predicted octanol–water partition coefficient (Wildman–Crippen LogP) is 5.61. The number of fused-ring (bicyclic) bond motifs is 1. The summed E-state index contributed by atoms with van der Waals surface area (Å²) >= 11 is 7.70. The molecule has 3 heterocycles. The van der Waals surface area contributed by atoms with Gasteiger partial charge in [-0.2, -0.15) is 10.1 Å². The maximum atomic E-state index is 13.0. The maximum Gasteiger partial charge on any atom is 0.229 e. The summed E-state index contributed by atoms with van der Waals surface area (Å²) in [5.41, 5.74) is 4.62. The number of piperidine rings is 1. The lowest BCUT2D eigenvalue weighted by Crippen LogP contribution is -2.40. The molecule has 8 heteroatoms. The summed E-state index contributed by atoms with van der Waals surface area (Å²) in [5, 5.41) is 9.39. The number of aryl methyl sites for hydroxylation is 2. The van der Waals surface area contributed by atoms with Crippen molar-refractivity contribution >= 4 is 50.0 Å². The highest BCUT2D eigenvalue weighted by Gasteiger charge is 2.28. The Bertz CT molecular complexity index is 1280. The highest BCUT2D eigenvalue weighted by molar-refractivity contribution is 7.22. The van der Waals surface area contributed by atoms with E-state index < -0.39 is 0 Å². The van der Waals surface area contributed by atoms with Crippen LogP contribution in [-0.4, -0.2) is 33.8 Å². The van der Waals surface area contributed by atoms with E-state index in [4.69, 9.17) is 16.6 Å². The van der Waals surface area contributed by atoms with E-state index in [2.05, 4.69) is 15.3 Å². The Hall–Kier alpha value is -2.90. The number of nitrogens with one attached hydrogen (secondary N) is 1. The van der Waals surface area contributed by atoms with Crippen molar-refractivity contribution in [3.8, 4) is 5.69 Å². The molecule has 0 bridgehead atoms. The molecule has 0 unspecified atom stereocenters. The van der Waals surface area contributed by atoms with E-state index in [1.807, 2.05) is 61.0 Å². The van der Waals surface area contributed by atoms with Gasteiger partial charge >= 0.3 is 0 Å². The fourth-order valence-electron chi connectivity index (χ4n) is 4.17. The van der Waals surface area contributed by atoms with Crippen LogP contribution in [0.25, 0.3) is 16.0 Å². The van der Waals surface area contributed by atoms with E-state index in [0.29, 0.717) is 11.6 Å². The molecule has 5 rings (SSSR count). The number of carbonyl (C=O) groups excluding carboxylic acids is 1. The van der Waals surface area contributed by atoms with E-state index in [-0.39, 0.29) is 11.8 Å². The Labute approximate surface area is 195 Å². The largest absolute Gasteiger partial charge is 0.347 e. The van der Waals surface area contributed by atoms with Gasteiger partial charge in [0.15, 0.2) is 10.8 Å². The lowest BCUT2D eigenvalue weighted by Gasteiger charge is -2.31. The van der Waals surface area contributed by atoms with Crippen molar-refractivity contribution in [1.29, 1.82) is 0 Å². The standard InChI is InChI=1S/C24H24ClN5OS/c1-15-13-18(25)10-11-20(15)26-23(31)17-7-6-12-29(14-17)24-27-22-21(32-24)16(2)28-30(22)19-8-4-3-5-9-19/h3-5,8-11,13,17H,6-7,12,14H2,1-2H3,(H,26,31)/t17-/m0/s1. The van der Waals surface area contributed by atoms with Crippen molar-refractivity contribution in [3.63, 3.8) is 0 Å². The number of amides is 1. The third-order valence-electron chi connectivity index (χ3n) is 5.89. The first kappa shape index (κ1) is 21.0. The van der Waals surface area contributed by atoms with E-state index in [0.717, 1.165) is 57.5 Å². The molecule has 1 aliphatic rings. The number of para-hydroxylation sites is 1. The van der Waals surface area contributed by atoms with E-state index in [1.165, 1.54) is 0 Å². The number of aromatic nitrogens is 3. The molecule has 4 aromatic rings. The fourth-order valence-corrected chi connectivity index (χ4v) is 5.42. The third-order valence-corrected chi connectivity index (χ3v) is 7.34. The number of hydrogen-bond donors (Lipinski definition) is 1. The first-order valence-electron chi connectivity index (χ1n) is 10.7. The van der Waals surface area contributed by atoms with Crippen LogP contribution in [0.3, 0.4) is 0 Å². The zero-order valence-corrected chi connectivity index (χ0v) is 19.6. The fraction of sp³-hybridized carbons (Fsp3) is 0.292. The highest BCUT2D eigenvalue weighted by Crippen LogP contribution is 2.34. The molecule has 164 valence electrons. The summed E-state index contributed by atoms with van der Waals surface area (Å²) < 4.78 is 2.99. The second-order valence-corrected chi connectivity index (χ2v) is 9.63. The van der Waals surface area contributed by atoms with Crippen LogP contribution in [0.4, 0.5) is 10.8 Å². The van der Waals surface area contributed by atoms with Crippen LogP contribution in [-0.2, 0) is 4.79 Å². The molecule has 0 radical (unpaired) electrons. The first-order valence-corrected chi connectivity index (χ1v) is 11.9. The van der Waals surface area contributed by atoms with Crippen molar-refractivity contribution in [2.45, 2.75) is 26.7 Å². The lowest BCUT2D eigenvalue weighted by atomic mass is 9.97. The minimum atomic E-state index is -0.0856. The summed E-state index contributed by atoms with van der Waals surface area (Å²) in [6.45, 7) is 5.53. The van der Waals surface area contributed by atoms with Crippen molar-refractivity contribution in [3.05, 3.63) is 64.8 Å². The molecule has 2 aromatic carbocycles. The van der Waals surface area contributed by atoms with Gasteiger partial charge in [-0.25, -0.2) is 4.68 Å². The number of rotatable bonds is 4. The average Bonchev–Trinajstić information content (AvgIpc) is 3.37. The molecule has 1 N–H and O–H groups in total. The van der Waals surface area contributed by atoms with Crippen molar-refractivity contribution in [1.82, 2.24) is 14.8 Å². The van der Waals surface area contributed by atoms with E-state index in [9.17, 15) is 4.79 Å². The van der Waals surface area contributed by atoms with Crippen LogP contribution < -0.4 is 10.2 Å². The lowest BCUT2D eigenvalue weighted by molar-refractivity contribution is -0.120. The summed E-state index contributed by atoms with van der Waals surface area (Å²) in [5.74, 6) is -0.0366. The molecule has 0 saturated carbocycles. The zero-order chi connectivity index (χ0) is 22.2. The van der Waals surface area contributed by atoms with Gasteiger partial charge in [0.2, 0.25) is 5.91 Å². The van der Waals surface area contributed by atoms with Gasteiger partial charge in [0, 0.05) is 23.8 Å². The van der Waals surface area contributed by atoms with Crippen LogP contribution >= 0.6 is 22.9 Å². The number of halogens is 1. The average molecular weight is 466 g/mol. The molecule has 0 aliphatic carbocycles. The molecule has 1 fully saturated rings. The van der Waals surface area contributed by atoms with E-state index >= 15 is 0 Å². The second kappa shape index (κ2) is 8.56. The number of nitrogens with zero attached hydrogens (tertiary/aromatic N) is 4. The molecule has 1 amide bonds. The van der Waals surface area contributed by atoms with Crippen molar-refractivity contribution < 1.29 is 4.79 Å². The number of thiazole rings is 1. The molecule has 2 aromatic heterocycles. The molecule has 1 atom stereocenters. The Balaban J connectivity index is 1.37. The normalized spacial score (nSPS) is 16.5. The van der Waals surface area contributed by atoms with Gasteiger partial charge in [0.25, 0.3) is 0 Å². The second-order valence-electron chi connectivity index (χ2n) is 8.22. The molecule has 6 nitrogen and oxygen atoms in total. The van der Waals surface area contributed by atoms with Crippen LogP contribution in [0.15, 0.2) is 48.5 Å². The predicted molar refractivity (Wildman–Crippen MR) is 131 cm³/mol. The molecule has 1 saturated heterocycles. The Morgan fingerprint density at radius 1 is 1.19 bits per heavy atom. The van der Waals surface area contributed by atoms with Gasteiger partial charge in [-0.05, 0) is 62.6 Å². The van der Waals surface area contributed by atoms with Gasteiger partial charge in [-0.15, -0.1) is 0 Å². The number of benzene rings is 2. The highest BCUT2D eigenvalue weighted by atomic mass is 35.5. The van der Waals surface area contributed by atoms with Gasteiger partial charge < -0.3 is 10.2 Å². The number of hydrogen-bond acceptors (Lipinski definition) is 5. The van der Waals surface area contributed by atoms with Gasteiger partial charge in [-0.1, -0.05) is 41.1 Å². The zero-order valence-electron chi connectivity index (χ0n) is 18.0. The quantitative estimate of drug-likeness (QED) is 0.425. The summed E-state index contributed by atoms with van der Waals surface area (Å²) in [7, 11) is 0. The monoisotopic (exact) mass is 465 g/mol. The van der Waals surface area contributed by atoms with Crippen molar-refractivity contribution in [2.75, 3.05) is 23.3 Å². The SMILES string of the molecule is Cc1cc(Cl)ccc1NC(=O)[C@H]1CCCN(c2nc3c(s2)c(C)nn3-c2ccccc2)C1. The third kappa shape index (κ3) is 3.98. The summed E-state index contributed by atoms with van der Waals surface area (Å²) in [6.07, 6.45) is 1.83. The first-order chi connectivity index (χ1) is 15.5. The molecular weight excluding hydrogens is 442 g/mol. The summed E-state index contributed by atoms with van der Waals surface area (Å²) in [6, 6.07) is 15.6. The van der Waals surface area contributed by atoms with Gasteiger partial charge in [-0.3, -0.25) is 4.79 Å². The Morgan fingerprint density at radius 2 is 2.00 bits per heavy atom. The van der Waals surface area contributed by atoms with E-state index in [1.54, 1.807) is 17.4 Å². The molecule has 32 heavy (non-hydrogen) atoms. The van der Waals surface area contributed by atoms with Gasteiger partial charge in [0.1, 0.15) is 0 Å². The Kier molecular flexibility index (Phi) is 5.61. The number of carbonyl (C=O) groups is 1. The van der Waals surface area contributed by atoms with Crippen LogP contribution in [0, 0.1) is 19.8 Å². The summed E-state index contributed by atoms with van der Waals surface area (Å²) in [4.78, 5) is 20.2. The molecule has 0 spiro atoms. The smallest absolute Gasteiger partial charge is 0.229 e. The topological polar surface area (TPSA) is 63.1 Å².